The molecule has 0 atom stereocenters. The molecule has 2 aromatic rings. The Morgan fingerprint density at radius 3 is 2.68 bits per heavy atom. The molecule has 19 heavy (non-hydrogen) atoms. The van der Waals surface area contributed by atoms with E-state index in [0.29, 0.717) is 0 Å². The van der Waals surface area contributed by atoms with Gasteiger partial charge in [-0.2, -0.15) is 0 Å². The predicted octanol–water partition coefficient (Wildman–Crippen LogP) is 3.82. The van der Waals surface area contributed by atoms with E-state index in [-0.39, 0.29) is 5.78 Å². The molecule has 0 aliphatic heterocycles. The number of rotatable bonds is 4. The van der Waals surface area contributed by atoms with Crippen molar-refractivity contribution < 1.29 is 9.53 Å². The fourth-order valence-corrected chi connectivity index (χ4v) is 2.20. The summed E-state index contributed by atoms with van der Waals surface area (Å²) in [5.74, 6) is 0.818. The summed E-state index contributed by atoms with van der Waals surface area (Å²) in [5, 5.41) is 0.948. The molecular formula is C16H19NO2. The third-order valence-corrected chi connectivity index (χ3v) is 3.11. The van der Waals surface area contributed by atoms with Crippen molar-refractivity contribution in [3.8, 4) is 5.75 Å². The zero-order valence-corrected chi connectivity index (χ0v) is 11.9. The van der Waals surface area contributed by atoms with E-state index in [2.05, 4.69) is 11.5 Å². The fourth-order valence-electron chi connectivity index (χ4n) is 2.20. The monoisotopic (exact) mass is 257 g/mol. The first-order valence-corrected chi connectivity index (χ1v) is 6.43. The van der Waals surface area contributed by atoms with Gasteiger partial charge >= 0.3 is 0 Å². The minimum absolute atomic E-state index is 0.0467. The Kier molecular flexibility index (Phi) is 3.74. The number of methoxy groups -OCH3 is 1. The standard InChI is InChI=1S/C16H19NO2/c1-5-17-10-14(16(18)8-11(2)3)13-9-12(19-4)6-7-15(13)17/h6-10H,5H2,1-4H3. The Hall–Kier alpha value is -2.03. The minimum Gasteiger partial charge on any atom is -0.497 e. The van der Waals surface area contributed by atoms with Gasteiger partial charge in [-0.25, -0.2) is 0 Å². The second-order valence-electron chi connectivity index (χ2n) is 4.80. The maximum Gasteiger partial charge on any atom is 0.187 e. The van der Waals surface area contributed by atoms with Crippen LogP contribution in [0.5, 0.6) is 5.75 Å². The van der Waals surface area contributed by atoms with Gasteiger partial charge in [0.15, 0.2) is 5.78 Å². The molecule has 0 saturated carbocycles. The summed E-state index contributed by atoms with van der Waals surface area (Å²) in [6.07, 6.45) is 3.60. The van der Waals surface area contributed by atoms with Crippen molar-refractivity contribution in [2.24, 2.45) is 0 Å². The predicted molar refractivity (Wildman–Crippen MR) is 77.9 cm³/mol. The lowest BCUT2D eigenvalue weighted by molar-refractivity contribution is 0.104. The van der Waals surface area contributed by atoms with Gasteiger partial charge in [-0.3, -0.25) is 4.79 Å². The molecule has 0 saturated heterocycles. The number of carbonyl (C=O) groups is 1. The molecule has 3 heteroatoms. The summed E-state index contributed by atoms with van der Waals surface area (Å²) in [6, 6.07) is 5.84. The molecule has 0 fully saturated rings. The van der Waals surface area contributed by atoms with E-state index in [1.165, 1.54) is 0 Å². The Labute approximate surface area is 113 Å². The number of carbonyl (C=O) groups excluding carboxylic acids is 1. The van der Waals surface area contributed by atoms with E-state index in [0.717, 1.165) is 34.3 Å². The first-order valence-electron chi connectivity index (χ1n) is 6.43. The Bertz CT molecular complexity index is 646. The Balaban J connectivity index is 2.66. The van der Waals surface area contributed by atoms with Crippen molar-refractivity contribution in [1.82, 2.24) is 4.57 Å². The molecule has 0 radical (unpaired) electrons. The van der Waals surface area contributed by atoms with E-state index < -0.39 is 0 Å². The molecule has 0 unspecified atom stereocenters. The van der Waals surface area contributed by atoms with Crippen LogP contribution in [0.15, 0.2) is 36.0 Å². The highest BCUT2D eigenvalue weighted by molar-refractivity contribution is 6.13. The van der Waals surface area contributed by atoms with Crippen LogP contribution in [0.25, 0.3) is 10.9 Å². The second kappa shape index (κ2) is 5.31. The van der Waals surface area contributed by atoms with E-state index >= 15 is 0 Å². The molecule has 100 valence electrons. The van der Waals surface area contributed by atoms with Crippen molar-refractivity contribution in [2.75, 3.05) is 7.11 Å². The summed E-state index contributed by atoms with van der Waals surface area (Å²) in [4.78, 5) is 12.3. The summed E-state index contributed by atoms with van der Waals surface area (Å²) >= 11 is 0. The van der Waals surface area contributed by atoms with Crippen molar-refractivity contribution in [2.45, 2.75) is 27.3 Å². The third-order valence-electron chi connectivity index (χ3n) is 3.11. The molecule has 0 bridgehead atoms. The number of aromatic nitrogens is 1. The van der Waals surface area contributed by atoms with Crippen LogP contribution in [0.4, 0.5) is 0 Å². The molecule has 0 amide bonds. The Morgan fingerprint density at radius 2 is 2.11 bits per heavy atom. The van der Waals surface area contributed by atoms with Crippen LogP contribution in [0.1, 0.15) is 31.1 Å². The molecular weight excluding hydrogens is 238 g/mol. The first kappa shape index (κ1) is 13.4. The fraction of sp³-hybridized carbons (Fsp3) is 0.312. The van der Waals surface area contributed by atoms with Crippen LogP contribution in [-0.2, 0) is 6.54 Å². The van der Waals surface area contributed by atoms with Crippen LogP contribution in [-0.4, -0.2) is 17.5 Å². The van der Waals surface area contributed by atoms with Gasteiger partial charge in [-0.05, 0) is 45.0 Å². The van der Waals surface area contributed by atoms with Gasteiger partial charge < -0.3 is 9.30 Å². The molecule has 1 aromatic heterocycles. The third kappa shape index (κ3) is 2.55. The quantitative estimate of drug-likeness (QED) is 0.616. The zero-order chi connectivity index (χ0) is 14.0. The number of nitrogens with zero attached hydrogens (tertiary/aromatic N) is 1. The number of aryl methyl sites for hydroxylation is 1. The normalized spacial score (nSPS) is 10.5. The number of ether oxygens (including phenoxy) is 1. The molecule has 3 nitrogen and oxygen atoms in total. The molecule has 1 heterocycles. The topological polar surface area (TPSA) is 31.2 Å². The Morgan fingerprint density at radius 1 is 1.37 bits per heavy atom. The average molecular weight is 257 g/mol. The van der Waals surface area contributed by atoms with Gasteiger partial charge in [0.1, 0.15) is 5.75 Å². The lowest BCUT2D eigenvalue weighted by Gasteiger charge is -2.02. The van der Waals surface area contributed by atoms with Crippen LogP contribution in [0.3, 0.4) is 0 Å². The van der Waals surface area contributed by atoms with Gasteiger partial charge in [-0.15, -0.1) is 0 Å². The highest BCUT2D eigenvalue weighted by atomic mass is 16.5. The molecule has 1 aromatic carbocycles. The maximum atomic E-state index is 12.3. The molecule has 0 aliphatic rings. The van der Waals surface area contributed by atoms with Gasteiger partial charge in [0, 0.05) is 29.2 Å². The highest BCUT2D eigenvalue weighted by Gasteiger charge is 2.13. The molecule has 0 spiro atoms. The van der Waals surface area contributed by atoms with Gasteiger partial charge in [-0.1, -0.05) is 5.57 Å². The van der Waals surface area contributed by atoms with E-state index in [9.17, 15) is 4.79 Å². The number of ketones is 1. The van der Waals surface area contributed by atoms with E-state index in [1.807, 2.05) is 38.2 Å². The maximum absolute atomic E-state index is 12.3. The summed E-state index contributed by atoms with van der Waals surface area (Å²) in [5.41, 5.74) is 2.80. The lowest BCUT2D eigenvalue weighted by atomic mass is 10.1. The van der Waals surface area contributed by atoms with Crippen LogP contribution in [0, 0.1) is 0 Å². The number of hydrogen-bond donors (Lipinski definition) is 0. The van der Waals surface area contributed by atoms with Crippen molar-refractivity contribution in [1.29, 1.82) is 0 Å². The van der Waals surface area contributed by atoms with Gasteiger partial charge in [0.05, 0.1) is 7.11 Å². The number of hydrogen-bond acceptors (Lipinski definition) is 2. The van der Waals surface area contributed by atoms with Crippen molar-refractivity contribution in [3.05, 3.63) is 41.6 Å². The summed E-state index contributed by atoms with van der Waals surface area (Å²) in [7, 11) is 1.63. The van der Waals surface area contributed by atoms with E-state index in [1.54, 1.807) is 13.2 Å². The second-order valence-corrected chi connectivity index (χ2v) is 4.80. The van der Waals surface area contributed by atoms with Crippen LogP contribution < -0.4 is 4.74 Å². The number of fused-ring (bicyclic) bond motifs is 1. The van der Waals surface area contributed by atoms with Crippen LogP contribution >= 0.6 is 0 Å². The van der Waals surface area contributed by atoms with Gasteiger partial charge in [0.25, 0.3) is 0 Å². The zero-order valence-electron chi connectivity index (χ0n) is 11.9. The SMILES string of the molecule is CCn1cc(C(=O)C=C(C)C)c2cc(OC)ccc21. The lowest BCUT2D eigenvalue weighted by Crippen LogP contribution is -1.94. The molecule has 0 aliphatic carbocycles. The number of benzene rings is 1. The van der Waals surface area contributed by atoms with E-state index in [4.69, 9.17) is 4.74 Å². The van der Waals surface area contributed by atoms with Crippen LogP contribution in [0.2, 0.25) is 0 Å². The largest absolute Gasteiger partial charge is 0.497 e. The highest BCUT2D eigenvalue weighted by Crippen LogP contribution is 2.26. The summed E-state index contributed by atoms with van der Waals surface area (Å²) < 4.78 is 7.33. The average Bonchev–Trinajstić information content (AvgIpc) is 2.75. The first-order chi connectivity index (χ1) is 9.06. The number of allylic oxidation sites excluding steroid dienone is 2. The molecule has 2 rings (SSSR count). The van der Waals surface area contributed by atoms with Crippen molar-refractivity contribution >= 4 is 16.7 Å². The summed E-state index contributed by atoms with van der Waals surface area (Å²) in [6.45, 7) is 6.76. The van der Waals surface area contributed by atoms with Crippen molar-refractivity contribution in [3.63, 3.8) is 0 Å². The van der Waals surface area contributed by atoms with Gasteiger partial charge in [0.2, 0.25) is 0 Å². The minimum atomic E-state index is 0.0467. The molecule has 0 N–H and O–H groups in total. The smallest absolute Gasteiger partial charge is 0.187 e.